The number of nitrogens with two attached hydrogens (primary N) is 1. The van der Waals surface area contributed by atoms with E-state index < -0.39 is 30.1 Å². The Morgan fingerprint density at radius 1 is 1.29 bits per heavy atom. The number of ether oxygens (including phenoxy) is 3. The van der Waals surface area contributed by atoms with E-state index in [1.54, 1.807) is 14.0 Å². The van der Waals surface area contributed by atoms with Gasteiger partial charge in [0, 0.05) is 19.9 Å². The number of carbonyl (C=O) groups is 2. The highest BCUT2D eigenvalue weighted by Gasteiger charge is 2.58. The van der Waals surface area contributed by atoms with Crippen molar-refractivity contribution in [1.82, 2.24) is 19.5 Å². The summed E-state index contributed by atoms with van der Waals surface area (Å²) < 4.78 is 34.6. The van der Waals surface area contributed by atoms with Crippen molar-refractivity contribution < 1.29 is 28.2 Å². The number of anilines is 2. The van der Waals surface area contributed by atoms with E-state index >= 15 is 4.39 Å². The molecule has 3 N–H and O–H groups in total. The molecule has 1 saturated heterocycles. The molecule has 192 valence electrons. The summed E-state index contributed by atoms with van der Waals surface area (Å²) in [6.45, 7) is 2.66. The first-order valence-corrected chi connectivity index (χ1v) is 12.1. The third-order valence-electron chi connectivity index (χ3n) is 6.74. The molecule has 35 heavy (non-hydrogen) atoms. The second-order valence-corrected chi connectivity index (χ2v) is 9.34. The Hall–Kier alpha value is -3.02. The summed E-state index contributed by atoms with van der Waals surface area (Å²) in [5.74, 6) is -0.285. The van der Waals surface area contributed by atoms with Gasteiger partial charge < -0.3 is 25.3 Å². The molecule has 4 atom stereocenters. The molecule has 2 aromatic heterocycles. The first-order chi connectivity index (χ1) is 16.7. The van der Waals surface area contributed by atoms with Crippen molar-refractivity contribution in [3.05, 3.63) is 6.33 Å². The van der Waals surface area contributed by atoms with Crippen LogP contribution in [0.3, 0.4) is 0 Å². The third kappa shape index (κ3) is 5.16. The Kier molecular flexibility index (Phi) is 7.39. The first-order valence-electron chi connectivity index (χ1n) is 12.1. The van der Waals surface area contributed by atoms with E-state index in [1.165, 1.54) is 24.2 Å². The molecule has 2 fully saturated rings. The molecule has 0 bridgehead atoms. The van der Waals surface area contributed by atoms with Gasteiger partial charge in [-0.1, -0.05) is 26.2 Å². The second kappa shape index (κ2) is 10.3. The van der Waals surface area contributed by atoms with Crippen LogP contribution in [0.25, 0.3) is 11.2 Å². The van der Waals surface area contributed by atoms with Crippen molar-refractivity contribution in [2.75, 3.05) is 24.7 Å². The number of carbonyl (C=O) groups excluding carboxylic acids is 2. The second-order valence-electron chi connectivity index (χ2n) is 9.34. The zero-order valence-electron chi connectivity index (χ0n) is 20.3. The van der Waals surface area contributed by atoms with Gasteiger partial charge in [0.15, 0.2) is 35.0 Å². The zero-order chi connectivity index (χ0) is 25.2. The van der Waals surface area contributed by atoms with Crippen molar-refractivity contribution in [3.63, 3.8) is 0 Å². The maximum absolute atomic E-state index is 16.3. The lowest BCUT2D eigenvalue weighted by atomic mass is 9.87. The van der Waals surface area contributed by atoms with Crippen LogP contribution in [0.4, 0.5) is 16.2 Å². The summed E-state index contributed by atoms with van der Waals surface area (Å²) >= 11 is 0. The summed E-state index contributed by atoms with van der Waals surface area (Å²) in [6.07, 6.45) is 3.61. The number of nitrogen functional groups attached to an aromatic ring is 1. The third-order valence-corrected chi connectivity index (χ3v) is 6.74. The number of aromatic nitrogens is 4. The van der Waals surface area contributed by atoms with Gasteiger partial charge in [-0.15, -0.1) is 0 Å². The lowest BCUT2D eigenvalue weighted by Crippen LogP contribution is -2.44. The standard InChI is InChI=1S/C23H33FN6O5/c1-4-15(31)35-18-14(11-33-16(32)10-13-8-6-5-7-9-13)34-21(23(18,2)24)30-12-27-17-19(26-3)28-22(25)29-20(17)30/h12-14,18,21H,4-11H2,1-3H3,(H3,25,26,28,29)/t14-,18-,21-,23-/m1/s1. The van der Waals surface area contributed by atoms with Gasteiger partial charge in [0.25, 0.3) is 0 Å². The largest absolute Gasteiger partial charge is 0.463 e. The summed E-state index contributed by atoms with van der Waals surface area (Å²) in [6, 6.07) is 0. The number of fused-ring (bicyclic) bond motifs is 1. The van der Waals surface area contributed by atoms with Crippen LogP contribution < -0.4 is 11.1 Å². The normalized spacial score (nSPS) is 27.1. The predicted molar refractivity (Wildman–Crippen MR) is 125 cm³/mol. The molecule has 1 aliphatic carbocycles. The smallest absolute Gasteiger partial charge is 0.306 e. The molecule has 3 heterocycles. The SMILES string of the molecule is CCC(=O)O[C@@H]1[C@@H](COC(=O)CC2CCCCC2)O[C@@H](n2cnc3c(NC)nc(N)nc32)[C@]1(C)F. The molecule has 0 aromatic carbocycles. The summed E-state index contributed by atoms with van der Waals surface area (Å²) in [5.41, 5.74) is 4.28. The topological polar surface area (TPSA) is 143 Å². The van der Waals surface area contributed by atoms with Gasteiger partial charge in [0.05, 0.1) is 6.33 Å². The summed E-state index contributed by atoms with van der Waals surface area (Å²) in [5, 5.41) is 2.88. The van der Waals surface area contributed by atoms with Gasteiger partial charge in [-0.05, 0) is 25.7 Å². The quantitative estimate of drug-likeness (QED) is 0.528. The van der Waals surface area contributed by atoms with E-state index in [4.69, 9.17) is 19.9 Å². The molecule has 2 aliphatic rings. The van der Waals surface area contributed by atoms with Crippen molar-refractivity contribution >= 4 is 34.9 Å². The number of esters is 2. The van der Waals surface area contributed by atoms with Crippen LogP contribution in [0.1, 0.15) is 65.0 Å². The van der Waals surface area contributed by atoms with Crippen LogP contribution >= 0.6 is 0 Å². The summed E-state index contributed by atoms with van der Waals surface area (Å²) in [7, 11) is 1.66. The number of halogens is 1. The molecular weight excluding hydrogens is 459 g/mol. The van der Waals surface area contributed by atoms with Crippen LogP contribution in [-0.4, -0.2) is 63.0 Å². The van der Waals surface area contributed by atoms with E-state index in [0.717, 1.165) is 25.7 Å². The van der Waals surface area contributed by atoms with Gasteiger partial charge >= 0.3 is 11.9 Å². The Morgan fingerprint density at radius 2 is 2.03 bits per heavy atom. The highest BCUT2D eigenvalue weighted by atomic mass is 19.1. The van der Waals surface area contributed by atoms with E-state index in [0.29, 0.717) is 23.7 Å². The fourth-order valence-electron chi connectivity index (χ4n) is 4.89. The number of rotatable bonds is 8. The molecule has 1 saturated carbocycles. The maximum atomic E-state index is 16.3. The van der Waals surface area contributed by atoms with E-state index in [9.17, 15) is 9.59 Å². The van der Waals surface area contributed by atoms with Crippen LogP contribution in [0, 0.1) is 5.92 Å². The van der Waals surface area contributed by atoms with E-state index in [-0.39, 0.29) is 30.6 Å². The fourth-order valence-corrected chi connectivity index (χ4v) is 4.89. The molecule has 2 aromatic rings. The van der Waals surface area contributed by atoms with Gasteiger partial charge in [-0.25, -0.2) is 9.37 Å². The average molecular weight is 493 g/mol. The van der Waals surface area contributed by atoms with Crippen molar-refractivity contribution in [2.45, 2.75) is 82.9 Å². The molecular formula is C23H33FN6O5. The fraction of sp³-hybridized carbons (Fsp3) is 0.696. The van der Waals surface area contributed by atoms with E-state index in [1.807, 2.05) is 0 Å². The molecule has 0 spiro atoms. The Bertz CT molecular complexity index is 1070. The first kappa shape index (κ1) is 25.1. The minimum atomic E-state index is -2.18. The van der Waals surface area contributed by atoms with Crippen molar-refractivity contribution in [3.8, 4) is 0 Å². The molecule has 0 amide bonds. The lowest BCUT2D eigenvalue weighted by molar-refractivity contribution is -0.161. The van der Waals surface area contributed by atoms with E-state index in [2.05, 4.69) is 20.3 Å². The highest BCUT2D eigenvalue weighted by Crippen LogP contribution is 2.44. The number of hydrogen-bond donors (Lipinski definition) is 2. The molecule has 11 nitrogen and oxygen atoms in total. The summed E-state index contributed by atoms with van der Waals surface area (Å²) in [4.78, 5) is 37.2. The molecule has 1 aliphatic heterocycles. The van der Waals surface area contributed by atoms with Crippen LogP contribution in [0.5, 0.6) is 0 Å². The molecule has 0 unspecified atom stereocenters. The maximum Gasteiger partial charge on any atom is 0.306 e. The van der Waals surface area contributed by atoms with Crippen molar-refractivity contribution in [1.29, 1.82) is 0 Å². The van der Waals surface area contributed by atoms with Crippen LogP contribution in [0.2, 0.25) is 0 Å². The molecule has 4 rings (SSSR count). The Labute approximate surface area is 202 Å². The number of nitrogens with zero attached hydrogens (tertiary/aromatic N) is 4. The number of hydrogen-bond acceptors (Lipinski definition) is 10. The molecule has 0 radical (unpaired) electrons. The highest BCUT2D eigenvalue weighted by molar-refractivity contribution is 5.84. The predicted octanol–water partition coefficient (Wildman–Crippen LogP) is 2.91. The van der Waals surface area contributed by atoms with Gasteiger partial charge in [0.2, 0.25) is 5.95 Å². The minimum Gasteiger partial charge on any atom is -0.463 e. The Balaban J connectivity index is 1.56. The molecule has 12 heteroatoms. The zero-order valence-corrected chi connectivity index (χ0v) is 20.3. The van der Waals surface area contributed by atoms with Gasteiger partial charge in [-0.3, -0.25) is 14.2 Å². The minimum absolute atomic E-state index is 0.0238. The number of alkyl halides is 1. The van der Waals surface area contributed by atoms with Crippen LogP contribution in [0.15, 0.2) is 6.33 Å². The van der Waals surface area contributed by atoms with Crippen molar-refractivity contribution in [2.24, 2.45) is 5.92 Å². The monoisotopic (exact) mass is 492 g/mol. The van der Waals surface area contributed by atoms with Gasteiger partial charge in [0.1, 0.15) is 12.7 Å². The average Bonchev–Trinajstić information content (AvgIpc) is 3.35. The lowest BCUT2D eigenvalue weighted by Gasteiger charge is -2.27. The number of imidazole rings is 1. The van der Waals surface area contributed by atoms with Crippen LogP contribution in [-0.2, 0) is 23.8 Å². The number of nitrogens with one attached hydrogen (secondary N) is 1. The van der Waals surface area contributed by atoms with Gasteiger partial charge in [-0.2, -0.15) is 9.97 Å². The Morgan fingerprint density at radius 3 is 2.71 bits per heavy atom.